The van der Waals surface area contributed by atoms with E-state index in [-0.39, 0.29) is 12.1 Å². The minimum atomic E-state index is -0.548. The van der Waals surface area contributed by atoms with Crippen molar-refractivity contribution in [2.75, 3.05) is 5.32 Å². The van der Waals surface area contributed by atoms with Crippen molar-refractivity contribution < 1.29 is 9.59 Å². The Morgan fingerprint density at radius 3 is 2.39 bits per heavy atom. The molecule has 9 nitrogen and oxygen atoms in total. The van der Waals surface area contributed by atoms with Crippen LogP contribution < -0.4 is 16.6 Å². The van der Waals surface area contributed by atoms with Gasteiger partial charge < -0.3 is 11.1 Å². The molecule has 0 spiro atoms. The number of nitrogens with zero attached hydrogens (tertiary/aromatic N) is 4. The summed E-state index contributed by atoms with van der Waals surface area (Å²) in [4.78, 5) is 36.4. The van der Waals surface area contributed by atoms with Crippen molar-refractivity contribution in [2.24, 2.45) is 5.73 Å². The summed E-state index contributed by atoms with van der Waals surface area (Å²) in [6.07, 6.45) is 1.62. The van der Waals surface area contributed by atoms with Crippen LogP contribution in [0, 0.1) is 6.92 Å². The highest BCUT2D eigenvalue weighted by Gasteiger charge is 2.22. The first-order valence-corrected chi connectivity index (χ1v) is 8.73. The van der Waals surface area contributed by atoms with Gasteiger partial charge in [0, 0.05) is 16.6 Å². The van der Waals surface area contributed by atoms with E-state index in [2.05, 4.69) is 15.5 Å². The van der Waals surface area contributed by atoms with Gasteiger partial charge in [-0.3, -0.25) is 19.1 Å². The third-order valence-corrected chi connectivity index (χ3v) is 4.25. The predicted octanol–water partition coefficient (Wildman–Crippen LogP) is 1.39. The molecule has 0 fully saturated rings. The molecule has 9 heteroatoms. The van der Waals surface area contributed by atoms with E-state index in [0.29, 0.717) is 27.8 Å². The second kappa shape index (κ2) is 6.91. The van der Waals surface area contributed by atoms with Gasteiger partial charge in [0.1, 0.15) is 12.1 Å². The van der Waals surface area contributed by atoms with Crippen LogP contribution in [-0.4, -0.2) is 31.4 Å². The number of fused-ring (bicyclic) bond motifs is 1. The van der Waals surface area contributed by atoms with Crippen LogP contribution in [0.25, 0.3) is 10.9 Å². The first-order chi connectivity index (χ1) is 13.1. The van der Waals surface area contributed by atoms with E-state index in [9.17, 15) is 14.4 Å². The Hall–Kier alpha value is -3.49. The third-order valence-electron chi connectivity index (χ3n) is 4.25. The lowest BCUT2D eigenvalue weighted by atomic mass is 10.1. The second-order valence-electron chi connectivity index (χ2n) is 7.53. The van der Waals surface area contributed by atoms with Crippen molar-refractivity contribution in [3.63, 3.8) is 0 Å². The third kappa shape index (κ3) is 3.64. The SMILES string of the molecule is Cc1nn(CC(=O)Nc2ccc(C(N)=O)cc2)c(=O)c2c1cnn2C(C)(C)C. The Morgan fingerprint density at radius 1 is 1.18 bits per heavy atom. The van der Waals surface area contributed by atoms with Crippen LogP contribution in [0.4, 0.5) is 5.69 Å². The monoisotopic (exact) mass is 382 g/mol. The number of rotatable bonds is 4. The zero-order valence-electron chi connectivity index (χ0n) is 16.2. The van der Waals surface area contributed by atoms with Crippen molar-refractivity contribution in [1.29, 1.82) is 0 Å². The normalized spacial score (nSPS) is 11.6. The van der Waals surface area contributed by atoms with Crippen LogP contribution >= 0.6 is 0 Å². The van der Waals surface area contributed by atoms with Gasteiger partial charge in [0.15, 0.2) is 0 Å². The molecule has 2 amide bonds. The van der Waals surface area contributed by atoms with Crippen molar-refractivity contribution >= 4 is 28.4 Å². The number of primary amides is 1. The van der Waals surface area contributed by atoms with Crippen molar-refractivity contribution in [1.82, 2.24) is 19.6 Å². The van der Waals surface area contributed by atoms with Crippen LogP contribution in [-0.2, 0) is 16.9 Å². The maximum Gasteiger partial charge on any atom is 0.293 e. The molecular formula is C19H22N6O3. The fourth-order valence-corrected chi connectivity index (χ4v) is 2.89. The number of carbonyl (C=O) groups excluding carboxylic acids is 2. The van der Waals surface area contributed by atoms with Crippen LogP contribution in [0.2, 0.25) is 0 Å². The van der Waals surface area contributed by atoms with E-state index in [4.69, 9.17) is 5.73 Å². The smallest absolute Gasteiger partial charge is 0.293 e. The Morgan fingerprint density at radius 2 is 1.82 bits per heavy atom. The molecule has 3 rings (SSSR count). The lowest BCUT2D eigenvalue weighted by Crippen LogP contribution is -2.33. The number of aromatic nitrogens is 4. The molecule has 0 radical (unpaired) electrons. The van der Waals surface area contributed by atoms with Crippen molar-refractivity contribution in [3.8, 4) is 0 Å². The summed E-state index contributed by atoms with van der Waals surface area (Å²) in [6, 6.07) is 6.16. The van der Waals surface area contributed by atoms with Crippen molar-refractivity contribution in [2.45, 2.75) is 39.8 Å². The molecule has 3 N–H and O–H groups in total. The summed E-state index contributed by atoms with van der Waals surface area (Å²) in [5, 5.41) is 11.9. The molecule has 2 heterocycles. The van der Waals surface area contributed by atoms with E-state index in [1.54, 1.807) is 29.9 Å². The summed E-state index contributed by atoms with van der Waals surface area (Å²) in [7, 11) is 0. The van der Waals surface area contributed by atoms with Crippen LogP contribution in [0.3, 0.4) is 0 Å². The van der Waals surface area contributed by atoms with E-state index >= 15 is 0 Å². The maximum atomic E-state index is 12.9. The number of nitrogens with one attached hydrogen (secondary N) is 1. The lowest BCUT2D eigenvalue weighted by molar-refractivity contribution is -0.117. The fraction of sp³-hybridized carbons (Fsp3) is 0.316. The van der Waals surface area contributed by atoms with Crippen LogP contribution in [0.5, 0.6) is 0 Å². The van der Waals surface area contributed by atoms with Gasteiger partial charge in [0.25, 0.3) is 5.56 Å². The Balaban J connectivity index is 1.89. The standard InChI is InChI=1S/C19H22N6O3/c1-11-14-9-21-25(19(2,3)4)16(14)18(28)24(23-11)10-15(26)22-13-7-5-12(6-8-13)17(20)27/h5-9H,10H2,1-4H3,(H2,20,27)(H,22,26). The molecule has 0 aliphatic carbocycles. The number of aryl methyl sites for hydroxylation is 1. The molecule has 1 aromatic carbocycles. The summed E-state index contributed by atoms with van der Waals surface area (Å²) in [5.41, 5.74) is 6.28. The molecule has 0 saturated carbocycles. The molecule has 0 unspecified atom stereocenters. The number of hydrogen-bond acceptors (Lipinski definition) is 5. The highest BCUT2D eigenvalue weighted by atomic mass is 16.2. The molecule has 146 valence electrons. The minimum Gasteiger partial charge on any atom is -0.366 e. The van der Waals surface area contributed by atoms with Crippen LogP contribution in [0.15, 0.2) is 35.3 Å². The summed E-state index contributed by atoms with van der Waals surface area (Å²) in [5.74, 6) is -0.963. The van der Waals surface area contributed by atoms with E-state index < -0.39 is 17.4 Å². The largest absolute Gasteiger partial charge is 0.366 e. The minimum absolute atomic E-state index is 0.248. The molecule has 0 aliphatic heterocycles. The second-order valence-corrected chi connectivity index (χ2v) is 7.53. The molecule has 0 atom stereocenters. The predicted molar refractivity (Wildman–Crippen MR) is 105 cm³/mol. The number of hydrogen-bond donors (Lipinski definition) is 2. The number of benzene rings is 1. The topological polar surface area (TPSA) is 125 Å². The highest BCUT2D eigenvalue weighted by molar-refractivity contribution is 5.94. The lowest BCUT2D eigenvalue weighted by Gasteiger charge is -2.20. The molecule has 2 aromatic heterocycles. The first-order valence-electron chi connectivity index (χ1n) is 8.73. The quantitative estimate of drug-likeness (QED) is 0.705. The van der Waals surface area contributed by atoms with Gasteiger partial charge in [0.2, 0.25) is 11.8 Å². The molecule has 0 bridgehead atoms. The highest BCUT2D eigenvalue weighted by Crippen LogP contribution is 2.20. The summed E-state index contributed by atoms with van der Waals surface area (Å²) in [6.45, 7) is 7.36. The number of carbonyl (C=O) groups is 2. The van der Waals surface area contributed by atoms with Gasteiger partial charge in [-0.05, 0) is 52.0 Å². The first kappa shape index (κ1) is 19.3. The van der Waals surface area contributed by atoms with E-state index in [1.807, 2.05) is 20.8 Å². The average Bonchev–Trinajstić information content (AvgIpc) is 3.06. The summed E-state index contributed by atoms with van der Waals surface area (Å²) >= 11 is 0. The van der Waals surface area contributed by atoms with E-state index in [1.165, 1.54) is 12.1 Å². The Bertz CT molecular complexity index is 1120. The van der Waals surface area contributed by atoms with Crippen molar-refractivity contribution in [3.05, 3.63) is 52.1 Å². The van der Waals surface area contributed by atoms with Gasteiger partial charge in [-0.15, -0.1) is 0 Å². The fourth-order valence-electron chi connectivity index (χ4n) is 2.89. The Kier molecular flexibility index (Phi) is 4.76. The van der Waals surface area contributed by atoms with Gasteiger partial charge in [-0.2, -0.15) is 10.2 Å². The molecule has 0 aliphatic rings. The van der Waals surface area contributed by atoms with Crippen LogP contribution in [0.1, 0.15) is 36.8 Å². The van der Waals surface area contributed by atoms with Gasteiger partial charge in [-0.25, -0.2) is 4.68 Å². The molecular weight excluding hydrogens is 360 g/mol. The zero-order valence-corrected chi connectivity index (χ0v) is 16.2. The summed E-state index contributed by atoms with van der Waals surface area (Å²) < 4.78 is 2.78. The maximum absolute atomic E-state index is 12.9. The van der Waals surface area contributed by atoms with Gasteiger partial charge in [-0.1, -0.05) is 0 Å². The number of anilines is 1. The van der Waals surface area contributed by atoms with Gasteiger partial charge >= 0.3 is 0 Å². The molecule has 0 saturated heterocycles. The molecule has 28 heavy (non-hydrogen) atoms. The average molecular weight is 382 g/mol. The number of nitrogens with two attached hydrogens (primary N) is 1. The zero-order chi connectivity index (χ0) is 20.6. The molecule has 3 aromatic rings. The van der Waals surface area contributed by atoms with E-state index in [0.717, 1.165) is 4.68 Å². The number of amides is 2. The van der Waals surface area contributed by atoms with Gasteiger partial charge in [0.05, 0.1) is 17.4 Å². The Labute approximate surface area is 161 Å².